The van der Waals surface area contributed by atoms with E-state index in [1.165, 1.54) is 0 Å². The Morgan fingerprint density at radius 2 is 2.00 bits per heavy atom. The van der Waals surface area contributed by atoms with Crippen LogP contribution in [-0.4, -0.2) is 18.8 Å². The summed E-state index contributed by atoms with van der Waals surface area (Å²) in [6.45, 7) is 5.92. The molecule has 0 aromatic rings. The van der Waals surface area contributed by atoms with Crippen LogP contribution in [-0.2, 0) is 9.57 Å². The van der Waals surface area contributed by atoms with E-state index >= 15 is 0 Å². The Hall–Kier alpha value is -0.120. The van der Waals surface area contributed by atoms with Gasteiger partial charge in [0.1, 0.15) is 0 Å². The van der Waals surface area contributed by atoms with Crippen molar-refractivity contribution in [1.82, 2.24) is 0 Å². The van der Waals surface area contributed by atoms with Gasteiger partial charge in [-0.05, 0) is 20.8 Å². The highest BCUT2D eigenvalue weighted by atomic mass is 16.6. The van der Waals surface area contributed by atoms with E-state index in [-0.39, 0.29) is 11.7 Å². The minimum Gasteiger partial charge on any atom is -0.379 e. The van der Waals surface area contributed by atoms with Gasteiger partial charge >= 0.3 is 0 Å². The third-order valence-electron chi connectivity index (χ3n) is 1.56. The monoisotopic (exact) mass is 147 g/mol. The molecule has 0 aromatic carbocycles. The first-order valence-corrected chi connectivity index (χ1v) is 3.42. The summed E-state index contributed by atoms with van der Waals surface area (Å²) in [7, 11) is 1.68. The van der Waals surface area contributed by atoms with Crippen LogP contribution in [0.4, 0.5) is 0 Å². The largest absolute Gasteiger partial charge is 0.379 e. The maximum atomic E-state index is 5.17. The van der Waals surface area contributed by atoms with E-state index < -0.39 is 0 Å². The predicted octanol–water partition coefficient (Wildman–Crippen LogP) is 1.08. The summed E-state index contributed by atoms with van der Waals surface area (Å²) in [5, 5.41) is 0. The van der Waals surface area contributed by atoms with Gasteiger partial charge in [0.15, 0.2) is 0 Å². The lowest BCUT2D eigenvalue weighted by molar-refractivity contribution is -0.0389. The molecule has 0 aliphatic rings. The molecule has 0 saturated carbocycles. The standard InChI is InChI=1S/C7H17NO2/c1-6(10-8)5-7(2,3)9-4/h6H,5,8H2,1-4H3. The summed E-state index contributed by atoms with van der Waals surface area (Å²) in [6, 6.07) is 0. The number of nitrogens with two attached hydrogens (primary N) is 1. The second-order valence-corrected chi connectivity index (χ2v) is 3.11. The molecule has 0 aromatic heterocycles. The summed E-state index contributed by atoms with van der Waals surface area (Å²) in [4.78, 5) is 4.61. The Kier molecular flexibility index (Phi) is 3.86. The quantitative estimate of drug-likeness (QED) is 0.605. The summed E-state index contributed by atoms with van der Waals surface area (Å²) >= 11 is 0. The maximum absolute atomic E-state index is 5.17. The Morgan fingerprint density at radius 1 is 1.50 bits per heavy atom. The molecule has 0 radical (unpaired) electrons. The van der Waals surface area contributed by atoms with E-state index in [2.05, 4.69) is 4.84 Å². The number of rotatable bonds is 4. The molecule has 0 heterocycles. The van der Waals surface area contributed by atoms with E-state index in [4.69, 9.17) is 10.6 Å². The first kappa shape index (κ1) is 9.88. The second-order valence-electron chi connectivity index (χ2n) is 3.11. The zero-order valence-electron chi connectivity index (χ0n) is 7.18. The molecule has 1 atom stereocenters. The smallest absolute Gasteiger partial charge is 0.0786 e. The van der Waals surface area contributed by atoms with Crippen LogP contribution < -0.4 is 5.90 Å². The van der Waals surface area contributed by atoms with Gasteiger partial charge in [-0.2, -0.15) is 0 Å². The Morgan fingerprint density at radius 3 is 2.30 bits per heavy atom. The van der Waals surface area contributed by atoms with Gasteiger partial charge in [0.25, 0.3) is 0 Å². The van der Waals surface area contributed by atoms with Crippen molar-refractivity contribution in [2.75, 3.05) is 7.11 Å². The molecule has 3 nitrogen and oxygen atoms in total. The average molecular weight is 147 g/mol. The van der Waals surface area contributed by atoms with Crippen LogP contribution in [0.3, 0.4) is 0 Å². The molecular weight excluding hydrogens is 130 g/mol. The normalized spacial score (nSPS) is 15.3. The molecule has 62 valence electrons. The van der Waals surface area contributed by atoms with Crippen LogP contribution in [0.25, 0.3) is 0 Å². The summed E-state index contributed by atoms with van der Waals surface area (Å²) < 4.78 is 5.17. The molecule has 0 saturated heterocycles. The molecule has 0 amide bonds. The molecule has 3 heteroatoms. The zero-order chi connectivity index (χ0) is 8.20. The van der Waals surface area contributed by atoms with Gasteiger partial charge in [-0.3, -0.25) is 0 Å². The highest BCUT2D eigenvalue weighted by Crippen LogP contribution is 2.15. The Balaban J connectivity index is 3.64. The molecule has 0 spiro atoms. The number of hydrogen-bond acceptors (Lipinski definition) is 3. The fraction of sp³-hybridized carbons (Fsp3) is 1.00. The van der Waals surface area contributed by atoms with Gasteiger partial charge in [0.05, 0.1) is 11.7 Å². The lowest BCUT2D eigenvalue weighted by Crippen LogP contribution is -2.29. The third-order valence-corrected chi connectivity index (χ3v) is 1.56. The van der Waals surface area contributed by atoms with Crippen molar-refractivity contribution in [1.29, 1.82) is 0 Å². The first-order chi connectivity index (χ1) is 4.52. The van der Waals surface area contributed by atoms with E-state index in [0.29, 0.717) is 0 Å². The van der Waals surface area contributed by atoms with Crippen molar-refractivity contribution in [3.8, 4) is 0 Å². The highest BCUT2D eigenvalue weighted by Gasteiger charge is 2.19. The summed E-state index contributed by atoms with van der Waals surface area (Å²) in [6.07, 6.45) is 0.856. The topological polar surface area (TPSA) is 44.5 Å². The van der Waals surface area contributed by atoms with Crippen LogP contribution in [0, 0.1) is 0 Å². The fourth-order valence-corrected chi connectivity index (χ4v) is 0.824. The van der Waals surface area contributed by atoms with Crippen molar-refractivity contribution >= 4 is 0 Å². The Bertz CT molecular complexity index is 93.6. The lowest BCUT2D eigenvalue weighted by Gasteiger charge is -2.25. The Labute approximate surface area is 62.4 Å². The first-order valence-electron chi connectivity index (χ1n) is 3.42. The molecule has 0 aliphatic heterocycles. The fourth-order valence-electron chi connectivity index (χ4n) is 0.824. The number of hydrogen-bond donors (Lipinski definition) is 1. The minimum atomic E-state index is -0.140. The van der Waals surface area contributed by atoms with Crippen LogP contribution in [0.2, 0.25) is 0 Å². The zero-order valence-corrected chi connectivity index (χ0v) is 7.18. The van der Waals surface area contributed by atoms with Gasteiger partial charge in [-0.15, -0.1) is 0 Å². The molecular formula is C7H17NO2. The summed E-state index contributed by atoms with van der Waals surface area (Å²) in [5.41, 5.74) is -0.140. The second kappa shape index (κ2) is 3.91. The van der Waals surface area contributed by atoms with E-state index in [0.717, 1.165) is 6.42 Å². The number of ether oxygens (including phenoxy) is 1. The minimum absolute atomic E-state index is 0.0509. The van der Waals surface area contributed by atoms with Crippen molar-refractivity contribution < 1.29 is 9.57 Å². The lowest BCUT2D eigenvalue weighted by atomic mass is 10.0. The van der Waals surface area contributed by atoms with E-state index in [1.807, 2.05) is 20.8 Å². The molecule has 0 rings (SSSR count). The van der Waals surface area contributed by atoms with Gasteiger partial charge in [-0.25, -0.2) is 5.90 Å². The highest BCUT2D eigenvalue weighted by molar-refractivity contribution is 4.70. The molecule has 2 N–H and O–H groups in total. The average Bonchev–Trinajstić information content (AvgIpc) is 1.87. The van der Waals surface area contributed by atoms with Crippen LogP contribution in [0.15, 0.2) is 0 Å². The van der Waals surface area contributed by atoms with Crippen molar-refractivity contribution in [3.05, 3.63) is 0 Å². The maximum Gasteiger partial charge on any atom is 0.0786 e. The van der Waals surface area contributed by atoms with Crippen LogP contribution >= 0.6 is 0 Å². The molecule has 0 bridgehead atoms. The summed E-state index contributed by atoms with van der Waals surface area (Å²) in [5.74, 6) is 4.98. The van der Waals surface area contributed by atoms with Crippen LogP contribution in [0.5, 0.6) is 0 Å². The molecule has 0 aliphatic carbocycles. The van der Waals surface area contributed by atoms with Crippen LogP contribution in [0.1, 0.15) is 27.2 Å². The van der Waals surface area contributed by atoms with Gasteiger partial charge < -0.3 is 9.57 Å². The molecule has 0 fully saturated rings. The van der Waals surface area contributed by atoms with E-state index in [9.17, 15) is 0 Å². The van der Waals surface area contributed by atoms with Crippen molar-refractivity contribution in [2.45, 2.75) is 38.9 Å². The van der Waals surface area contributed by atoms with Crippen molar-refractivity contribution in [3.63, 3.8) is 0 Å². The molecule has 10 heavy (non-hydrogen) atoms. The van der Waals surface area contributed by atoms with Gasteiger partial charge in [0, 0.05) is 13.5 Å². The van der Waals surface area contributed by atoms with Gasteiger partial charge in [-0.1, -0.05) is 0 Å². The van der Waals surface area contributed by atoms with Crippen molar-refractivity contribution in [2.24, 2.45) is 5.90 Å². The SMILES string of the molecule is COC(C)(C)CC(C)ON. The van der Waals surface area contributed by atoms with E-state index in [1.54, 1.807) is 7.11 Å². The molecule has 1 unspecified atom stereocenters. The number of methoxy groups -OCH3 is 1. The van der Waals surface area contributed by atoms with Gasteiger partial charge in [0.2, 0.25) is 0 Å². The predicted molar refractivity (Wildman–Crippen MR) is 40.4 cm³/mol. The third kappa shape index (κ3) is 3.82.